The zero-order valence-corrected chi connectivity index (χ0v) is 10.8. The van der Waals surface area contributed by atoms with Gasteiger partial charge in [0.25, 0.3) is 0 Å². The van der Waals surface area contributed by atoms with Crippen LogP contribution in [0.25, 0.3) is 11.2 Å². The number of aromatic nitrogens is 3. The second kappa shape index (κ2) is 3.97. The molecule has 0 radical (unpaired) electrons. The third-order valence-electron chi connectivity index (χ3n) is 2.98. The number of hydrogen-bond donors (Lipinski definition) is 2. The first kappa shape index (κ1) is 12.3. The van der Waals surface area contributed by atoms with Crippen molar-refractivity contribution in [3.63, 3.8) is 0 Å². The van der Waals surface area contributed by atoms with Gasteiger partial charge in [-0.3, -0.25) is 9.36 Å². The average molecular weight is 247 g/mol. The van der Waals surface area contributed by atoms with E-state index in [4.69, 9.17) is 11.5 Å². The number of rotatable bonds is 3. The van der Waals surface area contributed by atoms with Gasteiger partial charge in [-0.25, -0.2) is 9.97 Å². The molecular weight excluding hydrogens is 230 g/mol. The number of hydrogen-bond acceptors (Lipinski definition) is 4. The summed E-state index contributed by atoms with van der Waals surface area (Å²) in [5.41, 5.74) is 12.8. The van der Waals surface area contributed by atoms with Crippen molar-refractivity contribution in [2.75, 3.05) is 5.73 Å². The molecule has 18 heavy (non-hydrogen) atoms. The molecule has 2 heterocycles. The number of pyridine rings is 1. The molecule has 0 atom stereocenters. The number of primary amides is 1. The molecule has 0 aliphatic carbocycles. The van der Waals surface area contributed by atoms with E-state index in [0.717, 1.165) is 11.2 Å². The van der Waals surface area contributed by atoms with Crippen LogP contribution >= 0.6 is 0 Å². The van der Waals surface area contributed by atoms with Gasteiger partial charge in [0.1, 0.15) is 5.52 Å². The van der Waals surface area contributed by atoms with Crippen LogP contribution in [0.3, 0.4) is 0 Å². The molecule has 96 valence electrons. The molecule has 0 spiro atoms. The molecule has 0 unspecified atom stereocenters. The van der Waals surface area contributed by atoms with Crippen molar-refractivity contribution in [1.82, 2.24) is 14.5 Å². The Balaban J connectivity index is 2.53. The predicted octanol–water partition coefficient (Wildman–Crippen LogP) is 0.833. The second-order valence-electron chi connectivity index (χ2n) is 5.10. The largest absolute Gasteiger partial charge is 0.369 e. The maximum atomic E-state index is 11.4. The van der Waals surface area contributed by atoms with E-state index in [0.29, 0.717) is 18.1 Å². The Morgan fingerprint density at radius 2 is 2.06 bits per heavy atom. The predicted molar refractivity (Wildman–Crippen MR) is 69.7 cm³/mol. The summed E-state index contributed by atoms with van der Waals surface area (Å²) >= 11 is 0. The zero-order valence-electron chi connectivity index (χ0n) is 10.8. The highest BCUT2D eigenvalue weighted by molar-refractivity contribution is 5.80. The molecular formula is C12H17N5O. The van der Waals surface area contributed by atoms with Crippen LogP contribution in [0.15, 0.2) is 12.1 Å². The van der Waals surface area contributed by atoms with Crippen LogP contribution in [-0.2, 0) is 11.3 Å². The van der Waals surface area contributed by atoms with Crippen molar-refractivity contribution >= 4 is 23.0 Å². The summed E-state index contributed by atoms with van der Waals surface area (Å²) in [6.45, 7) is 5.81. The number of carbonyl (C=O) groups is 1. The summed E-state index contributed by atoms with van der Waals surface area (Å²) in [6.07, 6.45) is 0. The lowest BCUT2D eigenvalue weighted by Gasteiger charge is -2.21. The van der Waals surface area contributed by atoms with Crippen LogP contribution in [-0.4, -0.2) is 20.4 Å². The van der Waals surface area contributed by atoms with E-state index in [1.807, 2.05) is 19.1 Å². The molecule has 0 saturated carbocycles. The summed E-state index contributed by atoms with van der Waals surface area (Å²) in [4.78, 5) is 20.0. The minimum absolute atomic E-state index is 0.345. The van der Waals surface area contributed by atoms with Crippen LogP contribution in [0.5, 0.6) is 0 Å². The fraction of sp³-hybridized carbons (Fsp3) is 0.417. The zero-order chi connectivity index (χ0) is 13.5. The number of amides is 1. The molecule has 6 heteroatoms. The second-order valence-corrected chi connectivity index (χ2v) is 5.10. The van der Waals surface area contributed by atoms with Gasteiger partial charge in [-0.15, -0.1) is 0 Å². The molecule has 0 saturated heterocycles. The molecule has 0 bridgehead atoms. The topological polar surface area (TPSA) is 99.8 Å². The minimum Gasteiger partial charge on any atom is -0.369 e. The third kappa shape index (κ3) is 2.01. The first-order chi connectivity index (χ1) is 8.31. The van der Waals surface area contributed by atoms with E-state index in [1.54, 1.807) is 18.4 Å². The minimum atomic E-state index is -0.701. The SMILES string of the molecule is Cc1ccc2nc(N)n(CC(C)(C)C(N)=O)c2n1. The molecule has 4 N–H and O–H groups in total. The van der Waals surface area contributed by atoms with Crippen LogP contribution < -0.4 is 11.5 Å². The fourth-order valence-corrected chi connectivity index (χ4v) is 1.74. The van der Waals surface area contributed by atoms with Gasteiger partial charge in [0.2, 0.25) is 11.9 Å². The highest BCUT2D eigenvalue weighted by Crippen LogP contribution is 2.23. The van der Waals surface area contributed by atoms with Crippen molar-refractivity contribution in [1.29, 1.82) is 0 Å². The summed E-state index contributed by atoms with van der Waals surface area (Å²) in [5, 5.41) is 0. The Hall–Kier alpha value is -2.11. The normalized spacial score (nSPS) is 11.9. The summed E-state index contributed by atoms with van der Waals surface area (Å²) in [6, 6.07) is 3.74. The number of carbonyl (C=O) groups excluding carboxylic acids is 1. The number of nitrogen functional groups attached to an aromatic ring is 1. The van der Waals surface area contributed by atoms with E-state index >= 15 is 0 Å². The molecule has 6 nitrogen and oxygen atoms in total. The quantitative estimate of drug-likeness (QED) is 0.839. The lowest BCUT2D eigenvalue weighted by atomic mass is 9.92. The Labute approximate surface area is 105 Å². The smallest absolute Gasteiger partial charge is 0.224 e. The maximum Gasteiger partial charge on any atom is 0.224 e. The molecule has 0 aliphatic heterocycles. The number of nitrogens with zero attached hydrogens (tertiary/aromatic N) is 3. The lowest BCUT2D eigenvalue weighted by Crippen LogP contribution is -2.35. The van der Waals surface area contributed by atoms with Crippen molar-refractivity contribution in [2.45, 2.75) is 27.3 Å². The number of fused-ring (bicyclic) bond motifs is 1. The monoisotopic (exact) mass is 247 g/mol. The van der Waals surface area contributed by atoms with Gasteiger partial charge in [-0.1, -0.05) is 0 Å². The summed E-state index contributed by atoms with van der Waals surface area (Å²) in [7, 11) is 0. The standard InChI is InChI=1S/C12H17N5O/c1-7-4-5-8-9(15-7)17(11(14)16-8)6-12(2,3)10(13)18/h4-5H,6H2,1-3H3,(H2,13,18)(H2,14,16). The van der Waals surface area contributed by atoms with E-state index < -0.39 is 5.41 Å². The van der Waals surface area contributed by atoms with Crippen LogP contribution in [0, 0.1) is 12.3 Å². The van der Waals surface area contributed by atoms with E-state index in [1.165, 1.54) is 0 Å². The molecule has 0 aliphatic rings. The lowest BCUT2D eigenvalue weighted by molar-refractivity contribution is -0.126. The van der Waals surface area contributed by atoms with Gasteiger partial charge < -0.3 is 11.5 Å². The highest BCUT2D eigenvalue weighted by atomic mass is 16.1. The van der Waals surface area contributed by atoms with Gasteiger partial charge in [0.15, 0.2) is 5.65 Å². The fourth-order valence-electron chi connectivity index (χ4n) is 1.74. The Morgan fingerprint density at radius 1 is 1.39 bits per heavy atom. The maximum absolute atomic E-state index is 11.4. The first-order valence-electron chi connectivity index (χ1n) is 5.70. The van der Waals surface area contributed by atoms with Crippen LogP contribution in [0.1, 0.15) is 19.5 Å². The number of imidazole rings is 1. The van der Waals surface area contributed by atoms with Gasteiger partial charge >= 0.3 is 0 Å². The number of anilines is 1. The molecule has 0 aromatic carbocycles. The summed E-state index contributed by atoms with van der Waals surface area (Å²) < 4.78 is 1.73. The summed E-state index contributed by atoms with van der Waals surface area (Å²) in [5.74, 6) is -0.0335. The van der Waals surface area contributed by atoms with Crippen molar-refractivity contribution in [3.8, 4) is 0 Å². The molecule has 2 aromatic heterocycles. The average Bonchev–Trinajstić information content (AvgIpc) is 2.55. The van der Waals surface area contributed by atoms with Crippen LogP contribution in [0.4, 0.5) is 5.95 Å². The Bertz CT molecular complexity index is 614. The van der Waals surface area contributed by atoms with E-state index in [2.05, 4.69) is 9.97 Å². The van der Waals surface area contributed by atoms with E-state index in [-0.39, 0.29) is 5.91 Å². The Morgan fingerprint density at radius 3 is 2.67 bits per heavy atom. The van der Waals surface area contributed by atoms with Crippen LogP contribution in [0.2, 0.25) is 0 Å². The highest BCUT2D eigenvalue weighted by Gasteiger charge is 2.27. The van der Waals surface area contributed by atoms with Gasteiger partial charge in [0.05, 0.1) is 5.41 Å². The van der Waals surface area contributed by atoms with Crippen molar-refractivity contribution in [3.05, 3.63) is 17.8 Å². The third-order valence-corrected chi connectivity index (χ3v) is 2.98. The van der Waals surface area contributed by atoms with Gasteiger partial charge in [0, 0.05) is 12.2 Å². The molecule has 0 fully saturated rings. The number of aryl methyl sites for hydroxylation is 1. The molecule has 2 rings (SSSR count). The van der Waals surface area contributed by atoms with Crippen molar-refractivity contribution < 1.29 is 4.79 Å². The molecule has 2 aromatic rings. The Kier molecular flexibility index (Phi) is 2.73. The molecule has 1 amide bonds. The van der Waals surface area contributed by atoms with Gasteiger partial charge in [-0.05, 0) is 32.9 Å². The number of nitrogens with two attached hydrogens (primary N) is 2. The first-order valence-corrected chi connectivity index (χ1v) is 5.70. The van der Waals surface area contributed by atoms with Crippen molar-refractivity contribution in [2.24, 2.45) is 11.1 Å². The van der Waals surface area contributed by atoms with E-state index in [9.17, 15) is 4.79 Å². The van der Waals surface area contributed by atoms with Gasteiger partial charge in [-0.2, -0.15) is 0 Å².